The summed E-state index contributed by atoms with van der Waals surface area (Å²) in [6, 6.07) is -0.927. The van der Waals surface area contributed by atoms with E-state index in [2.05, 4.69) is 31.3 Å². The summed E-state index contributed by atoms with van der Waals surface area (Å²) in [7, 11) is 0. The molecule has 14 heteroatoms. The number of aliphatic hydroxyl groups is 8. The van der Waals surface area contributed by atoms with E-state index in [9.17, 15) is 45.6 Å². The van der Waals surface area contributed by atoms with Crippen LogP contribution in [0.5, 0.6) is 0 Å². The second-order valence-corrected chi connectivity index (χ2v) is 20.8. The molecule has 2 heterocycles. The average molecular weight is 1010 g/mol. The van der Waals surface area contributed by atoms with E-state index < -0.39 is 86.8 Å². The molecule has 0 spiro atoms. The van der Waals surface area contributed by atoms with Gasteiger partial charge >= 0.3 is 0 Å². The lowest BCUT2D eigenvalue weighted by Gasteiger charge is -2.46. The van der Waals surface area contributed by atoms with Crippen molar-refractivity contribution >= 4 is 5.91 Å². The van der Waals surface area contributed by atoms with Crippen molar-refractivity contribution in [3.05, 3.63) is 24.3 Å². The van der Waals surface area contributed by atoms with Crippen LogP contribution in [0, 0.1) is 0 Å². The minimum atomic E-state index is -1.79. The van der Waals surface area contributed by atoms with Crippen LogP contribution in [0.4, 0.5) is 0 Å². The molecule has 0 aromatic carbocycles. The minimum Gasteiger partial charge on any atom is -0.394 e. The maximum atomic E-state index is 13.2. The molecule has 0 aliphatic carbocycles. The molecule has 12 unspecified atom stereocenters. The third kappa shape index (κ3) is 30.0. The molecule has 2 saturated heterocycles. The number of carbonyl (C=O) groups excluding carboxylic acids is 1. The van der Waals surface area contributed by atoms with Crippen molar-refractivity contribution in [1.82, 2.24) is 5.32 Å². The number of aliphatic hydroxyl groups excluding tert-OH is 8. The summed E-state index contributed by atoms with van der Waals surface area (Å²) in [5.74, 6) is -0.245. The van der Waals surface area contributed by atoms with Gasteiger partial charge in [-0.2, -0.15) is 0 Å². The molecule has 0 aromatic rings. The number of hydrogen-bond acceptors (Lipinski definition) is 13. The summed E-state index contributed by atoms with van der Waals surface area (Å²) in [5.41, 5.74) is 0. The summed E-state index contributed by atoms with van der Waals surface area (Å²) >= 11 is 0. The van der Waals surface area contributed by atoms with Crippen LogP contribution in [-0.2, 0) is 23.7 Å². The van der Waals surface area contributed by atoms with Crippen molar-refractivity contribution in [1.29, 1.82) is 0 Å². The van der Waals surface area contributed by atoms with E-state index >= 15 is 0 Å². The van der Waals surface area contributed by atoms with Crippen LogP contribution < -0.4 is 5.32 Å². The molecule has 0 aromatic heterocycles. The fourth-order valence-electron chi connectivity index (χ4n) is 9.66. The summed E-state index contributed by atoms with van der Waals surface area (Å²) in [4.78, 5) is 13.2. The Balaban J connectivity index is 1.80. The van der Waals surface area contributed by atoms with Crippen LogP contribution in [0.25, 0.3) is 0 Å². The van der Waals surface area contributed by atoms with Crippen molar-refractivity contribution in [3.63, 3.8) is 0 Å². The molecule has 418 valence electrons. The van der Waals surface area contributed by atoms with Crippen LogP contribution in [0.2, 0.25) is 0 Å². The molecule has 0 radical (unpaired) electrons. The van der Waals surface area contributed by atoms with Gasteiger partial charge < -0.3 is 65.1 Å². The Bertz CT molecular complexity index is 1290. The predicted octanol–water partition coefficient (Wildman–Crippen LogP) is 9.28. The maximum absolute atomic E-state index is 13.2. The Morgan fingerprint density at radius 3 is 1.38 bits per heavy atom. The summed E-state index contributed by atoms with van der Waals surface area (Å²) < 4.78 is 22.7. The highest BCUT2D eigenvalue weighted by Crippen LogP contribution is 2.30. The molecule has 0 bridgehead atoms. The van der Waals surface area contributed by atoms with Crippen LogP contribution in [0.3, 0.4) is 0 Å². The van der Waals surface area contributed by atoms with Crippen molar-refractivity contribution < 1.29 is 64.6 Å². The molecular formula is C57H107NO13. The van der Waals surface area contributed by atoms with Gasteiger partial charge in [-0.05, 0) is 32.1 Å². The fourth-order valence-corrected chi connectivity index (χ4v) is 9.66. The first kappa shape index (κ1) is 65.6. The normalized spacial score (nSPS) is 25.9. The largest absolute Gasteiger partial charge is 0.394 e. The molecule has 1 amide bonds. The average Bonchev–Trinajstić information content (AvgIpc) is 3.37. The number of amides is 1. The summed E-state index contributed by atoms with van der Waals surface area (Å²) in [6.45, 7) is 2.80. The first-order valence-electron chi connectivity index (χ1n) is 29.1. The first-order chi connectivity index (χ1) is 34.6. The van der Waals surface area contributed by atoms with Gasteiger partial charge in [0.15, 0.2) is 12.6 Å². The zero-order valence-corrected chi connectivity index (χ0v) is 44.7. The second kappa shape index (κ2) is 43.7. The van der Waals surface area contributed by atoms with Crippen molar-refractivity contribution in [3.8, 4) is 0 Å². The Kier molecular flexibility index (Phi) is 40.4. The molecule has 71 heavy (non-hydrogen) atoms. The van der Waals surface area contributed by atoms with Crippen LogP contribution in [0.15, 0.2) is 24.3 Å². The molecule has 14 nitrogen and oxygen atoms in total. The van der Waals surface area contributed by atoms with Gasteiger partial charge in [-0.3, -0.25) is 4.79 Å². The second-order valence-electron chi connectivity index (χ2n) is 20.8. The fraction of sp³-hybridized carbons (Fsp3) is 0.912. The molecule has 9 N–H and O–H groups in total. The molecule has 2 rings (SSSR count). The molecule has 2 fully saturated rings. The zero-order valence-electron chi connectivity index (χ0n) is 44.7. The standard InChI is InChI=1S/C57H107NO13/c1-3-5-7-9-11-13-15-17-19-21-23-24-26-28-30-32-34-36-38-40-46(61)45(58-49(62)41-39-37-35-33-31-29-27-25-22-20-18-16-14-12-10-8-6-4-2)44-68-56-54(67)52(65)55(48(43-60)70-56)71-57-53(66)51(64)50(63)47(42-59)69-57/h30,32,38,40,45-48,50-57,59-61,63-67H,3-29,31,33-37,39,41-44H2,1-2H3,(H,58,62)/b32-30+,40-38+. The van der Waals surface area contributed by atoms with Crippen molar-refractivity contribution in [2.75, 3.05) is 19.8 Å². The van der Waals surface area contributed by atoms with E-state index in [-0.39, 0.29) is 18.9 Å². The quantitative estimate of drug-likeness (QED) is 0.0205. The number of unbranched alkanes of at least 4 members (excludes halogenated alkanes) is 31. The van der Waals surface area contributed by atoms with Gasteiger partial charge in [0.25, 0.3) is 0 Å². The number of nitrogens with one attached hydrogen (secondary N) is 1. The van der Waals surface area contributed by atoms with E-state index in [0.717, 1.165) is 32.1 Å². The topological polar surface area (TPSA) is 228 Å². The molecule has 12 atom stereocenters. The van der Waals surface area contributed by atoms with Crippen LogP contribution in [-0.4, -0.2) is 140 Å². The first-order valence-corrected chi connectivity index (χ1v) is 29.1. The van der Waals surface area contributed by atoms with Crippen LogP contribution in [0.1, 0.15) is 239 Å². The van der Waals surface area contributed by atoms with Gasteiger partial charge in [-0.1, -0.05) is 224 Å². The van der Waals surface area contributed by atoms with Crippen molar-refractivity contribution in [2.45, 2.75) is 312 Å². The van der Waals surface area contributed by atoms with Gasteiger partial charge in [0.1, 0.15) is 48.8 Å². The van der Waals surface area contributed by atoms with Crippen molar-refractivity contribution in [2.24, 2.45) is 0 Å². The van der Waals surface area contributed by atoms with E-state index in [4.69, 9.17) is 18.9 Å². The van der Waals surface area contributed by atoms with Gasteiger partial charge in [-0.15, -0.1) is 0 Å². The van der Waals surface area contributed by atoms with E-state index in [0.29, 0.717) is 12.8 Å². The number of ether oxygens (including phenoxy) is 4. The summed E-state index contributed by atoms with van der Waals surface area (Å²) in [5, 5.41) is 87.0. The highest BCUT2D eigenvalue weighted by Gasteiger charge is 2.51. The Morgan fingerprint density at radius 2 is 0.901 bits per heavy atom. The number of hydrogen-bond donors (Lipinski definition) is 9. The monoisotopic (exact) mass is 1010 g/mol. The van der Waals surface area contributed by atoms with Gasteiger partial charge in [0.05, 0.1) is 32.0 Å². The van der Waals surface area contributed by atoms with E-state index in [1.165, 1.54) is 173 Å². The minimum absolute atomic E-state index is 0.245. The highest BCUT2D eigenvalue weighted by molar-refractivity contribution is 5.76. The molecular weight excluding hydrogens is 907 g/mol. The Morgan fingerprint density at radius 1 is 0.493 bits per heavy atom. The summed E-state index contributed by atoms with van der Waals surface area (Å²) in [6.07, 6.45) is 33.6. The lowest BCUT2D eigenvalue weighted by molar-refractivity contribution is -0.359. The third-order valence-electron chi connectivity index (χ3n) is 14.4. The third-order valence-corrected chi connectivity index (χ3v) is 14.4. The van der Waals surface area contributed by atoms with Gasteiger partial charge in [0, 0.05) is 6.42 Å². The molecule has 2 aliphatic rings. The predicted molar refractivity (Wildman–Crippen MR) is 282 cm³/mol. The smallest absolute Gasteiger partial charge is 0.220 e. The van der Waals surface area contributed by atoms with Gasteiger partial charge in [0.2, 0.25) is 5.91 Å². The maximum Gasteiger partial charge on any atom is 0.220 e. The van der Waals surface area contributed by atoms with Crippen LogP contribution >= 0.6 is 0 Å². The molecule has 0 saturated carbocycles. The number of rotatable bonds is 46. The molecule has 2 aliphatic heterocycles. The SMILES string of the molecule is CCCCCCCCCCCCCCC/C=C/CC/C=C/C(O)C(COC1OC(CO)C(OC2OC(CO)C(O)C(O)C2O)C(O)C1O)NC(=O)CCCCCCCCCCCCCCCCCCCC. The number of carbonyl (C=O) groups is 1. The lowest BCUT2D eigenvalue weighted by atomic mass is 9.97. The Labute approximate surface area is 430 Å². The lowest BCUT2D eigenvalue weighted by Crippen LogP contribution is -2.65. The highest BCUT2D eigenvalue weighted by atomic mass is 16.7. The van der Waals surface area contributed by atoms with Gasteiger partial charge in [-0.25, -0.2) is 0 Å². The zero-order chi connectivity index (χ0) is 51.7. The number of allylic oxidation sites excluding steroid dienone is 3. The van der Waals surface area contributed by atoms with E-state index in [1.54, 1.807) is 6.08 Å². The Hall–Kier alpha value is -1.53. The van der Waals surface area contributed by atoms with E-state index in [1.807, 2.05) is 6.08 Å².